The van der Waals surface area contributed by atoms with Crippen LogP contribution in [-0.2, 0) is 19.2 Å². The number of unbranched alkanes of at least 4 members (excludes halogenated alkanes) is 1. The zero-order valence-electron chi connectivity index (χ0n) is 12.1. The van der Waals surface area contributed by atoms with Gasteiger partial charge < -0.3 is 27.0 Å². The largest absolute Gasteiger partial charge is 0.481 e. The first-order valence-electron chi connectivity index (χ1n) is 6.68. The van der Waals surface area contributed by atoms with E-state index in [2.05, 4.69) is 5.32 Å². The second-order valence-electron chi connectivity index (χ2n) is 4.98. The predicted molar refractivity (Wildman–Crippen MR) is 75.2 cm³/mol. The number of primary amides is 1. The van der Waals surface area contributed by atoms with Crippen LogP contribution in [-0.4, -0.2) is 45.7 Å². The fourth-order valence-electron chi connectivity index (χ4n) is 1.64. The number of hydrogen-bond acceptors (Lipinski definition) is 6. The van der Waals surface area contributed by atoms with Gasteiger partial charge in [0.15, 0.2) is 5.66 Å². The summed E-state index contributed by atoms with van der Waals surface area (Å²) in [7, 11) is 0. The molecule has 0 saturated heterocycles. The summed E-state index contributed by atoms with van der Waals surface area (Å²) >= 11 is 0. The number of carboxylic acid groups (broad SMARTS) is 2. The molecule has 22 heavy (non-hydrogen) atoms. The van der Waals surface area contributed by atoms with Crippen LogP contribution in [0.25, 0.3) is 0 Å². The summed E-state index contributed by atoms with van der Waals surface area (Å²) in [5, 5.41) is 19.7. The first kappa shape index (κ1) is 19.8. The maximum absolute atomic E-state index is 11.8. The Balaban J connectivity index is 4.53. The van der Waals surface area contributed by atoms with Gasteiger partial charge in [0.2, 0.25) is 11.8 Å². The third kappa shape index (κ3) is 7.55. The zero-order chi connectivity index (χ0) is 17.3. The lowest BCUT2D eigenvalue weighted by atomic mass is 10.0. The highest BCUT2D eigenvalue weighted by Crippen LogP contribution is 2.11. The normalized spacial score (nSPS) is 14.6. The van der Waals surface area contributed by atoms with Crippen molar-refractivity contribution in [3.63, 3.8) is 0 Å². The number of nitrogens with one attached hydrogen (secondary N) is 1. The van der Waals surface area contributed by atoms with Gasteiger partial charge in [-0.1, -0.05) is 0 Å². The molecule has 0 spiro atoms. The summed E-state index contributed by atoms with van der Waals surface area (Å²) in [5.74, 6) is -3.91. The minimum absolute atomic E-state index is 0.0319. The standard InChI is InChI=1S/C12H22N4O6/c13-7(4-5-8(14)17)10(20)16-12(15,11(21)22)6-2-1-3-9(18)19/h7H,1-6,13,15H2,(H2,14,17)(H,16,20)(H,18,19)(H,21,22)/t7-,12-/m0/s1. The predicted octanol–water partition coefficient (Wildman–Crippen LogP) is -1.92. The van der Waals surface area contributed by atoms with Gasteiger partial charge in [0.05, 0.1) is 6.04 Å². The van der Waals surface area contributed by atoms with E-state index in [0.717, 1.165) is 0 Å². The molecule has 0 radical (unpaired) electrons. The van der Waals surface area contributed by atoms with E-state index in [1.54, 1.807) is 0 Å². The highest BCUT2D eigenvalue weighted by molar-refractivity contribution is 5.89. The Labute approximate surface area is 127 Å². The summed E-state index contributed by atoms with van der Waals surface area (Å²) in [6.07, 6.45) is 0.0104. The topological polar surface area (TPSA) is 199 Å². The first-order chi connectivity index (χ1) is 10.1. The number of carboxylic acids is 2. The van der Waals surface area contributed by atoms with Gasteiger partial charge in [-0.3, -0.25) is 20.1 Å². The van der Waals surface area contributed by atoms with Crippen LogP contribution in [0.1, 0.15) is 38.5 Å². The quantitative estimate of drug-likeness (QED) is 0.187. The second kappa shape index (κ2) is 8.95. The Kier molecular flexibility index (Phi) is 8.05. The Hall–Kier alpha value is -2.20. The molecule has 0 saturated carbocycles. The summed E-state index contributed by atoms with van der Waals surface area (Å²) in [5.41, 5.74) is 14.0. The molecule has 2 amide bonds. The number of amides is 2. The van der Waals surface area contributed by atoms with Crippen LogP contribution in [0.5, 0.6) is 0 Å². The molecule has 0 aliphatic rings. The van der Waals surface area contributed by atoms with Crippen LogP contribution in [0.4, 0.5) is 0 Å². The summed E-state index contributed by atoms with van der Waals surface area (Å²) in [6.45, 7) is 0. The van der Waals surface area contributed by atoms with Gasteiger partial charge in [-0.15, -0.1) is 0 Å². The van der Waals surface area contributed by atoms with E-state index in [1.807, 2.05) is 0 Å². The van der Waals surface area contributed by atoms with E-state index in [9.17, 15) is 19.2 Å². The van der Waals surface area contributed by atoms with Crippen molar-refractivity contribution in [2.75, 3.05) is 0 Å². The molecule has 10 nitrogen and oxygen atoms in total. The molecule has 126 valence electrons. The van der Waals surface area contributed by atoms with Crippen molar-refractivity contribution in [2.24, 2.45) is 17.2 Å². The lowest BCUT2D eigenvalue weighted by Gasteiger charge is -2.27. The molecule has 0 aromatic carbocycles. The van der Waals surface area contributed by atoms with Crippen molar-refractivity contribution < 1.29 is 29.4 Å². The van der Waals surface area contributed by atoms with E-state index >= 15 is 0 Å². The van der Waals surface area contributed by atoms with Crippen LogP contribution >= 0.6 is 0 Å². The van der Waals surface area contributed by atoms with Crippen molar-refractivity contribution in [1.82, 2.24) is 5.32 Å². The summed E-state index contributed by atoms with van der Waals surface area (Å²) < 4.78 is 0. The zero-order valence-corrected chi connectivity index (χ0v) is 12.1. The smallest absolute Gasteiger partial charge is 0.344 e. The Morgan fingerprint density at radius 2 is 1.68 bits per heavy atom. The van der Waals surface area contributed by atoms with Crippen LogP contribution in [0, 0.1) is 0 Å². The Bertz CT molecular complexity index is 441. The second-order valence-corrected chi connectivity index (χ2v) is 4.98. The first-order valence-corrected chi connectivity index (χ1v) is 6.68. The van der Waals surface area contributed by atoms with E-state index in [0.29, 0.717) is 0 Å². The van der Waals surface area contributed by atoms with Crippen molar-refractivity contribution in [2.45, 2.75) is 50.2 Å². The molecular formula is C12H22N4O6. The Morgan fingerprint density at radius 1 is 1.09 bits per heavy atom. The molecule has 0 unspecified atom stereocenters. The number of carbonyl (C=O) groups excluding carboxylic acids is 2. The minimum atomic E-state index is -2.04. The molecule has 0 rings (SSSR count). The summed E-state index contributed by atoms with van der Waals surface area (Å²) in [6, 6.07) is -1.12. The van der Waals surface area contributed by atoms with Crippen LogP contribution in [0.3, 0.4) is 0 Å². The van der Waals surface area contributed by atoms with E-state index in [1.165, 1.54) is 0 Å². The lowest BCUT2D eigenvalue weighted by Crippen LogP contribution is -2.64. The fourth-order valence-corrected chi connectivity index (χ4v) is 1.64. The molecule has 0 aliphatic carbocycles. The highest BCUT2D eigenvalue weighted by atomic mass is 16.4. The number of nitrogens with two attached hydrogens (primary N) is 3. The number of aliphatic carboxylic acids is 2. The van der Waals surface area contributed by atoms with Gasteiger partial charge in [-0.25, -0.2) is 4.79 Å². The molecule has 10 heteroatoms. The lowest BCUT2D eigenvalue weighted by molar-refractivity contribution is -0.148. The van der Waals surface area contributed by atoms with Gasteiger partial charge in [-0.05, 0) is 25.7 Å². The van der Waals surface area contributed by atoms with E-state index < -0.39 is 35.5 Å². The SMILES string of the molecule is NC(=O)CC[C@H](N)C(=O)N[C@@](N)(CCCCC(=O)O)C(=O)O. The van der Waals surface area contributed by atoms with Gasteiger partial charge in [-0.2, -0.15) is 0 Å². The van der Waals surface area contributed by atoms with Gasteiger partial charge >= 0.3 is 11.9 Å². The molecule has 9 N–H and O–H groups in total. The minimum Gasteiger partial charge on any atom is -0.481 e. The third-order valence-electron chi connectivity index (χ3n) is 2.98. The summed E-state index contributed by atoms with van der Waals surface area (Å²) in [4.78, 5) is 44.0. The number of hydrogen-bond donors (Lipinski definition) is 6. The maximum atomic E-state index is 11.8. The molecule has 0 aliphatic heterocycles. The number of rotatable bonds is 11. The van der Waals surface area contributed by atoms with Crippen molar-refractivity contribution in [1.29, 1.82) is 0 Å². The van der Waals surface area contributed by atoms with Crippen LogP contribution < -0.4 is 22.5 Å². The van der Waals surface area contributed by atoms with Crippen molar-refractivity contribution >= 4 is 23.8 Å². The molecular weight excluding hydrogens is 296 g/mol. The molecule has 0 fully saturated rings. The van der Waals surface area contributed by atoms with Gasteiger partial charge in [0.25, 0.3) is 0 Å². The molecule has 0 heterocycles. The van der Waals surface area contributed by atoms with Gasteiger partial charge in [0, 0.05) is 12.8 Å². The molecule has 0 bridgehead atoms. The van der Waals surface area contributed by atoms with E-state index in [-0.39, 0.29) is 38.5 Å². The average Bonchev–Trinajstić information content (AvgIpc) is 2.40. The third-order valence-corrected chi connectivity index (χ3v) is 2.98. The fraction of sp³-hybridized carbons (Fsp3) is 0.667. The number of carbonyl (C=O) groups is 4. The maximum Gasteiger partial charge on any atom is 0.344 e. The van der Waals surface area contributed by atoms with Gasteiger partial charge in [0.1, 0.15) is 0 Å². The molecule has 0 aromatic rings. The van der Waals surface area contributed by atoms with Crippen molar-refractivity contribution in [3.05, 3.63) is 0 Å². The van der Waals surface area contributed by atoms with Crippen LogP contribution in [0.15, 0.2) is 0 Å². The molecule has 0 aromatic heterocycles. The highest BCUT2D eigenvalue weighted by Gasteiger charge is 2.36. The molecule has 2 atom stereocenters. The van der Waals surface area contributed by atoms with Crippen LogP contribution in [0.2, 0.25) is 0 Å². The Morgan fingerprint density at radius 3 is 2.14 bits per heavy atom. The monoisotopic (exact) mass is 318 g/mol. The van der Waals surface area contributed by atoms with Crippen molar-refractivity contribution in [3.8, 4) is 0 Å². The average molecular weight is 318 g/mol. The van der Waals surface area contributed by atoms with E-state index in [4.69, 9.17) is 27.4 Å².